The summed E-state index contributed by atoms with van der Waals surface area (Å²) in [6, 6.07) is 6.78. The summed E-state index contributed by atoms with van der Waals surface area (Å²) in [6.45, 7) is 0.181. The zero-order chi connectivity index (χ0) is 13.7. The van der Waals surface area contributed by atoms with E-state index in [4.69, 9.17) is 9.84 Å². The van der Waals surface area contributed by atoms with Crippen LogP contribution in [0, 0.1) is 0 Å². The lowest BCUT2D eigenvalue weighted by Crippen LogP contribution is -2.47. The fourth-order valence-electron chi connectivity index (χ4n) is 2.12. The van der Waals surface area contributed by atoms with Gasteiger partial charge >= 0.3 is 0 Å². The van der Waals surface area contributed by atoms with Crippen LogP contribution >= 0.6 is 0 Å². The molecular weight excluding hydrogens is 246 g/mol. The van der Waals surface area contributed by atoms with Crippen LogP contribution < -0.4 is 4.74 Å². The fourth-order valence-corrected chi connectivity index (χ4v) is 2.12. The third-order valence-corrected chi connectivity index (χ3v) is 3.39. The van der Waals surface area contributed by atoms with Gasteiger partial charge in [0.25, 0.3) is 5.91 Å². The molecule has 0 bridgehead atoms. The molecule has 0 heterocycles. The third kappa shape index (κ3) is 3.38. The van der Waals surface area contributed by atoms with E-state index in [-0.39, 0.29) is 30.9 Å². The topological polar surface area (TPSA) is 70.0 Å². The minimum absolute atomic E-state index is 0.0210. The van der Waals surface area contributed by atoms with Gasteiger partial charge in [-0.3, -0.25) is 4.79 Å². The standard InChI is InChI=1S/C14H19NO4/c16-9-8-15(11-4-3-5-11)14(18)10-19-13-7-2-1-6-12(13)17/h1-2,6-7,11,16-17H,3-5,8-10H2. The van der Waals surface area contributed by atoms with E-state index in [0.717, 1.165) is 19.3 Å². The molecule has 1 aliphatic carbocycles. The van der Waals surface area contributed by atoms with Gasteiger partial charge in [-0.2, -0.15) is 0 Å². The SMILES string of the molecule is O=C(COc1ccccc1O)N(CCO)C1CCC1. The highest BCUT2D eigenvalue weighted by Crippen LogP contribution is 2.26. The molecule has 0 unspecified atom stereocenters. The average molecular weight is 265 g/mol. The van der Waals surface area contributed by atoms with Crippen LogP contribution in [0.15, 0.2) is 24.3 Å². The van der Waals surface area contributed by atoms with Gasteiger partial charge < -0.3 is 19.8 Å². The van der Waals surface area contributed by atoms with Gasteiger partial charge in [0.2, 0.25) is 0 Å². The molecule has 0 spiro atoms. The van der Waals surface area contributed by atoms with E-state index in [1.165, 1.54) is 6.07 Å². The van der Waals surface area contributed by atoms with E-state index < -0.39 is 0 Å². The number of carbonyl (C=O) groups is 1. The number of benzene rings is 1. The molecule has 5 heteroatoms. The Morgan fingerprint density at radius 2 is 2.11 bits per heavy atom. The number of aliphatic hydroxyl groups is 1. The van der Waals surface area contributed by atoms with Gasteiger partial charge in [0, 0.05) is 12.6 Å². The Balaban J connectivity index is 1.90. The lowest BCUT2D eigenvalue weighted by atomic mass is 9.91. The number of ether oxygens (including phenoxy) is 1. The molecule has 104 valence electrons. The van der Waals surface area contributed by atoms with Gasteiger partial charge in [-0.25, -0.2) is 0 Å². The molecule has 0 saturated heterocycles. The van der Waals surface area contributed by atoms with Crippen molar-refractivity contribution in [1.29, 1.82) is 0 Å². The van der Waals surface area contributed by atoms with Gasteiger partial charge in [-0.1, -0.05) is 12.1 Å². The summed E-state index contributed by atoms with van der Waals surface area (Å²) < 4.78 is 5.32. The van der Waals surface area contributed by atoms with Gasteiger partial charge in [0.15, 0.2) is 18.1 Å². The fraction of sp³-hybridized carbons (Fsp3) is 0.500. The van der Waals surface area contributed by atoms with E-state index in [9.17, 15) is 9.90 Å². The third-order valence-electron chi connectivity index (χ3n) is 3.39. The van der Waals surface area contributed by atoms with Crippen LogP contribution in [-0.4, -0.2) is 46.8 Å². The Hall–Kier alpha value is -1.75. The number of amides is 1. The first kappa shape index (κ1) is 13.7. The molecule has 19 heavy (non-hydrogen) atoms. The zero-order valence-electron chi connectivity index (χ0n) is 10.8. The number of hydrogen-bond donors (Lipinski definition) is 2. The van der Waals surface area contributed by atoms with Crippen molar-refractivity contribution in [3.63, 3.8) is 0 Å². The van der Waals surface area contributed by atoms with Crippen LogP contribution in [0.2, 0.25) is 0 Å². The maximum atomic E-state index is 12.1. The predicted molar refractivity (Wildman–Crippen MR) is 70.0 cm³/mol. The minimum atomic E-state index is -0.151. The van der Waals surface area contributed by atoms with Crippen LogP contribution in [-0.2, 0) is 4.79 Å². The van der Waals surface area contributed by atoms with Crippen molar-refractivity contribution >= 4 is 5.91 Å². The molecule has 0 radical (unpaired) electrons. The van der Waals surface area contributed by atoms with Crippen molar-refractivity contribution in [2.24, 2.45) is 0 Å². The molecule has 1 aromatic rings. The lowest BCUT2D eigenvalue weighted by molar-refractivity contribution is -0.138. The Morgan fingerprint density at radius 3 is 2.68 bits per heavy atom. The Kier molecular flexibility index (Phi) is 4.63. The summed E-state index contributed by atoms with van der Waals surface area (Å²) in [5.41, 5.74) is 0. The van der Waals surface area contributed by atoms with Crippen molar-refractivity contribution in [2.45, 2.75) is 25.3 Å². The molecule has 0 aliphatic heterocycles. The van der Waals surface area contributed by atoms with Crippen LogP contribution in [0.5, 0.6) is 11.5 Å². The number of aromatic hydroxyl groups is 1. The van der Waals surface area contributed by atoms with Crippen molar-refractivity contribution in [1.82, 2.24) is 4.90 Å². The summed E-state index contributed by atoms with van der Waals surface area (Å²) >= 11 is 0. The first-order chi connectivity index (χ1) is 9.22. The normalized spacial score (nSPS) is 14.8. The molecule has 0 aromatic heterocycles. The van der Waals surface area contributed by atoms with Gasteiger partial charge in [0.05, 0.1) is 6.61 Å². The second-order valence-corrected chi connectivity index (χ2v) is 4.65. The number of phenols is 1. The zero-order valence-corrected chi connectivity index (χ0v) is 10.8. The Morgan fingerprint density at radius 1 is 1.37 bits per heavy atom. The Labute approximate surface area is 112 Å². The average Bonchev–Trinajstić information content (AvgIpc) is 2.35. The molecule has 1 amide bonds. The molecule has 1 aliphatic rings. The second-order valence-electron chi connectivity index (χ2n) is 4.65. The van der Waals surface area contributed by atoms with E-state index in [2.05, 4.69) is 0 Å². The quantitative estimate of drug-likeness (QED) is 0.809. The molecule has 1 saturated carbocycles. The van der Waals surface area contributed by atoms with Gasteiger partial charge in [0.1, 0.15) is 0 Å². The summed E-state index contributed by atoms with van der Waals surface area (Å²) in [7, 11) is 0. The molecule has 1 aromatic carbocycles. The number of aliphatic hydroxyl groups excluding tert-OH is 1. The first-order valence-electron chi connectivity index (χ1n) is 6.53. The number of nitrogens with zero attached hydrogens (tertiary/aromatic N) is 1. The molecule has 2 N–H and O–H groups in total. The van der Waals surface area contributed by atoms with Crippen LogP contribution in [0.4, 0.5) is 0 Å². The van der Waals surface area contributed by atoms with Crippen LogP contribution in [0.3, 0.4) is 0 Å². The maximum Gasteiger partial charge on any atom is 0.260 e. The predicted octanol–water partition coefficient (Wildman–Crippen LogP) is 1.14. The maximum absolute atomic E-state index is 12.1. The molecule has 1 fully saturated rings. The van der Waals surface area contributed by atoms with Gasteiger partial charge in [-0.05, 0) is 31.4 Å². The summed E-state index contributed by atoms with van der Waals surface area (Å²) in [5.74, 6) is 0.170. The Bertz CT molecular complexity index is 431. The van der Waals surface area contributed by atoms with E-state index in [0.29, 0.717) is 12.3 Å². The van der Waals surface area contributed by atoms with E-state index in [1.807, 2.05) is 0 Å². The van der Waals surface area contributed by atoms with Gasteiger partial charge in [-0.15, -0.1) is 0 Å². The summed E-state index contributed by atoms with van der Waals surface area (Å²) in [4.78, 5) is 13.7. The number of hydrogen-bond acceptors (Lipinski definition) is 4. The molecule has 5 nitrogen and oxygen atoms in total. The van der Waals surface area contributed by atoms with E-state index in [1.54, 1.807) is 23.1 Å². The van der Waals surface area contributed by atoms with Crippen molar-refractivity contribution < 1.29 is 19.7 Å². The smallest absolute Gasteiger partial charge is 0.260 e. The minimum Gasteiger partial charge on any atom is -0.504 e. The summed E-state index contributed by atoms with van der Waals surface area (Å²) in [5, 5.41) is 18.6. The van der Waals surface area contributed by atoms with Crippen LogP contribution in [0.1, 0.15) is 19.3 Å². The summed E-state index contributed by atoms with van der Waals surface area (Å²) in [6.07, 6.45) is 3.10. The molecule has 0 atom stereocenters. The van der Waals surface area contributed by atoms with Crippen molar-refractivity contribution in [3.05, 3.63) is 24.3 Å². The second kappa shape index (κ2) is 6.43. The highest BCUT2D eigenvalue weighted by Gasteiger charge is 2.28. The van der Waals surface area contributed by atoms with Crippen LogP contribution in [0.25, 0.3) is 0 Å². The lowest BCUT2D eigenvalue weighted by Gasteiger charge is -2.37. The number of para-hydroxylation sites is 2. The molecule has 2 rings (SSSR count). The number of phenolic OH excluding ortho intramolecular Hbond substituents is 1. The van der Waals surface area contributed by atoms with Crippen molar-refractivity contribution in [3.8, 4) is 11.5 Å². The first-order valence-corrected chi connectivity index (χ1v) is 6.53. The number of carbonyl (C=O) groups excluding carboxylic acids is 1. The van der Waals surface area contributed by atoms with E-state index >= 15 is 0 Å². The highest BCUT2D eigenvalue weighted by molar-refractivity contribution is 5.78. The highest BCUT2D eigenvalue weighted by atomic mass is 16.5. The van der Waals surface area contributed by atoms with Crippen molar-refractivity contribution in [2.75, 3.05) is 19.8 Å². The molecular formula is C14H19NO4. The number of rotatable bonds is 6. The largest absolute Gasteiger partial charge is 0.504 e. The monoisotopic (exact) mass is 265 g/mol.